The second kappa shape index (κ2) is 9.47. The number of rotatable bonds is 6. The molecule has 200 valence electrons. The molecule has 1 aromatic carbocycles. The van der Waals surface area contributed by atoms with E-state index >= 15 is 4.39 Å². The molecule has 16 heteroatoms. The fourth-order valence-electron chi connectivity index (χ4n) is 4.67. The van der Waals surface area contributed by atoms with Gasteiger partial charge in [-0.1, -0.05) is 0 Å². The maximum Gasteiger partial charge on any atom is 0.798 e. The number of hydrogen-bond acceptors (Lipinski definition) is 7. The number of amides is 1. The van der Waals surface area contributed by atoms with Crippen molar-refractivity contribution in [3.63, 3.8) is 0 Å². The minimum absolute atomic E-state index is 0.117. The maximum absolute atomic E-state index is 15.7. The summed E-state index contributed by atoms with van der Waals surface area (Å²) < 4.78 is 89.8. The summed E-state index contributed by atoms with van der Waals surface area (Å²) in [5.41, 5.74) is 3.67. The number of aromatic nitrogens is 1. The van der Waals surface area contributed by atoms with Gasteiger partial charge in [-0.05, 0) is 25.3 Å². The number of alkyl halides is 3. The fraction of sp³-hybridized carbons (Fsp3) is 0.476. The van der Waals surface area contributed by atoms with E-state index in [1.54, 1.807) is 0 Å². The monoisotopic (exact) mass is 534 g/mol. The number of aryl methyl sites for hydroxylation is 1. The number of ether oxygens (including phenoxy) is 1. The topological polar surface area (TPSA) is 116 Å². The first-order chi connectivity index (χ1) is 17.3. The van der Waals surface area contributed by atoms with E-state index in [0.29, 0.717) is 12.8 Å². The molecule has 1 saturated heterocycles. The van der Waals surface area contributed by atoms with E-state index in [4.69, 9.17) is 10.5 Å². The van der Waals surface area contributed by atoms with Crippen LogP contribution in [0.2, 0.25) is 0 Å². The summed E-state index contributed by atoms with van der Waals surface area (Å²) in [5, 5.41) is 1.44. The lowest BCUT2D eigenvalue weighted by atomic mass is 10.0. The van der Waals surface area contributed by atoms with Crippen LogP contribution in [-0.4, -0.2) is 62.4 Å². The summed E-state index contributed by atoms with van der Waals surface area (Å²) in [7, 11) is -2.26. The van der Waals surface area contributed by atoms with Crippen LogP contribution in [0.5, 0.6) is 0 Å². The highest BCUT2D eigenvalue weighted by Crippen LogP contribution is 2.42. The minimum atomic E-state index is -5.14. The molecule has 9 nitrogen and oxygen atoms in total. The number of nitrogen functional groups attached to an aromatic ring is 1. The van der Waals surface area contributed by atoms with Crippen LogP contribution in [0.4, 0.5) is 37.6 Å². The van der Waals surface area contributed by atoms with Gasteiger partial charge in [-0.3, -0.25) is 9.59 Å². The van der Waals surface area contributed by atoms with Gasteiger partial charge in [0.15, 0.2) is 5.82 Å². The Bertz CT molecular complexity index is 1330. The fourth-order valence-corrected chi connectivity index (χ4v) is 4.67. The number of hydrogen-bond donors (Lipinski definition) is 2. The van der Waals surface area contributed by atoms with E-state index in [-0.39, 0.29) is 35.9 Å². The zero-order valence-corrected chi connectivity index (χ0v) is 19.5. The van der Waals surface area contributed by atoms with Crippen molar-refractivity contribution in [2.75, 3.05) is 30.8 Å². The zero-order chi connectivity index (χ0) is 27.4. The Labute approximate surface area is 205 Å². The van der Waals surface area contributed by atoms with Crippen molar-refractivity contribution in [2.45, 2.75) is 44.1 Å². The first-order valence-electron chi connectivity index (χ1n) is 11.1. The standard InChI is InChI=1S/C21H21BF6N4O5/c1-8-16-13(18(33)10(19(34)37-22(27)28)5-32(16)9-3-4-9)15(29)14(23)17(8)31-6-11(12(7-31)36-2)30-20(35)21(24,25)26/h5,9,11-12H,3-4,6-7,29H2,1-2H3,(H,30,35)/t11-,12+/m1/s1. The largest absolute Gasteiger partial charge is 0.798 e. The third-order valence-corrected chi connectivity index (χ3v) is 6.47. The summed E-state index contributed by atoms with van der Waals surface area (Å²) in [5.74, 6) is -4.87. The van der Waals surface area contributed by atoms with Crippen LogP contribution < -0.4 is 21.4 Å². The molecule has 1 saturated carbocycles. The van der Waals surface area contributed by atoms with E-state index in [0.717, 1.165) is 6.20 Å². The van der Waals surface area contributed by atoms with Gasteiger partial charge in [-0.2, -0.15) is 13.2 Å². The smallest absolute Gasteiger partial charge is 0.474 e. The number of carbonyl (C=O) groups is 2. The molecule has 2 fully saturated rings. The third kappa shape index (κ3) is 4.81. The Hall–Kier alpha value is -3.43. The number of benzene rings is 1. The first kappa shape index (κ1) is 26.6. The summed E-state index contributed by atoms with van der Waals surface area (Å²) in [6.07, 6.45) is -3.76. The lowest BCUT2D eigenvalue weighted by Crippen LogP contribution is -2.48. The predicted octanol–water partition coefficient (Wildman–Crippen LogP) is 2.33. The van der Waals surface area contributed by atoms with Gasteiger partial charge < -0.3 is 29.9 Å². The van der Waals surface area contributed by atoms with Crippen molar-refractivity contribution >= 4 is 41.6 Å². The lowest BCUT2D eigenvalue weighted by molar-refractivity contribution is -0.174. The van der Waals surface area contributed by atoms with Crippen molar-refractivity contribution < 1.29 is 45.2 Å². The van der Waals surface area contributed by atoms with E-state index in [1.165, 1.54) is 23.5 Å². The van der Waals surface area contributed by atoms with Crippen LogP contribution in [0, 0.1) is 12.7 Å². The molecule has 0 unspecified atom stereocenters. The van der Waals surface area contributed by atoms with E-state index in [2.05, 4.69) is 4.65 Å². The molecule has 2 atom stereocenters. The van der Waals surface area contributed by atoms with Gasteiger partial charge in [0.1, 0.15) is 5.56 Å². The molecule has 3 N–H and O–H groups in total. The normalized spacial score (nSPS) is 19.8. The molecular weight excluding hydrogens is 513 g/mol. The lowest BCUT2D eigenvalue weighted by Gasteiger charge is -2.25. The molecule has 37 heavy (non-hydrogen) atoms. The number of carbonyl (C=O) groups excluding carboxylic acids is 2. The van der Waals surface area contributed by atoms with Crippen LogP contribution in [0.15, 0.2) is 11.0 Å². The maximum atomic E-state index is 15.7. The summed E-state index contributed by atoms with van der Waals surface area (Å²) in [4.78, 5) is 38.0. The number of nitrogens with zero attached hydrogens (tertiary/aromatic N) is 2. The molecule has 2 aromatic rings. The van der Waals surface area contributed by atoms with Crippen molar-refractivity contribution in [1.29, 1.82) is 0 Å². The highest BCUT2D eigenvalue weighted by molar-refractivity contribution is 6.38. The van der Waals surface area contributed by atoms with Crippen LogP contribution in [0.1, 0.15) is 34.8 Å². The molecular formula is C21H21BF6N4O5. The van der Waals surface area contributed by atoms with Gasteiger partial charge in [0.2, 0.25) is 5.43 Å². The Morgan fingerprint density at radius 2 is 1.86 bits per heavy atom. The van der Waals surface area contributed by atoms with E-state index in [9.17, 15) is 36.2 Å². The van der Waals surface area contributed by atoms with Gasteiger partial charge in [-0.15, -0.1) is 0 Å². The van der Waals surface area contributed by atoms with Crippen LogP contribution in [0.25, 0.3) is 10.9 Å². The van der Waals surface area contributed by atoms with Gasteiger partial charge in [0.25, 0.3) is 0 Å². The number of anilines is 2. The van der Waals surface area contributed by atoms with Crippen molar-refractivity contribution in [2.24, 2.45) is 0 Å². The van der Waals surface area contributed by atoms with Crippen LogP contribution >= 0.6 is 0 Å². The number of methoxy groups -OCH3 is 1. The average molecular weight is 534 g/mol. The molecule has 1 aromatic heterocycles. The minimum Gasteiger partial charge on any atom is -0.474 e. The summed E-state index contributed by atoms with van der Waals surface area (Å²) >= 11 is 0. The zero-order valence-electron chi connectivity index (χ0n) is 19.5. The van der Waals surface area contributed by atoms with Crippen molar-refractivity contribution in [1.82, 2.24) is 9.88 Å². The molecule has 1 aliphatic heterocycles. The Morgan fingerprint density at radius 3 is 2.41 bits per heavy atom. The SMILES string of the molecule is CO[C@H]1CN(c2c(F)c(N)c3c(=O)c(C(=O)OB(F)F)cn(C4CC4)c3c2C)C[C@H]1NC(=O)C(F)(F)F. The molecule has 0 radical (unpaired) electrons. The first-order valence-corrected chi connectivity index (χ1v) is 11.1. The quantitative estimate of drug-likeness (QED) is 0.332. The molecule has 1 aliphatic carbocycles. The highest BCUT2D eigenvalue weighted by Gasteiger charge is 2.44. The molecule has 0 spiro atoms. The van der Waals surface area contributed by atoms with Crippen LogP contribution in [0.3, 0.4) is 0 Å². The molecule has 4 rings (SSSR count). The van der Waals surface area contributed by atoms with Crippen LogP contribution in [-0.2, 0) is 14.2 Å². The van der Waals surface area contributed by atoms with E-state index < -0.39 is 65.6 Å². The number of nitrogens with one attached hydrogen (secondary N) is 1. The highest BCUT2D eigenvalue weighted by atomic mass is 19.4. The van der Waals surface area contributed by atoms with Gasteiger partial charge in [0.05, 0.1) is 34.4 Å². The summed E-state index contributed by atoms with van der Waals surface area (Å²) in [6, 6.07) is -1.38. The Morgan fingerprint density at radius 1 is 1.22 bits per heavy atom. The van der Waals surface area contributed by atoms with E-state index in [1.807, 2.05) is 5.32 Å². The van der Waals surface area contributed by atoms with Gasteiger partial charge in [-0.25, -0.2) is 17.8 Å². The predicted molar refractivity (Wildman–Crippen MR) is 120 cm³/mol. The van der Waals surface area contributed by atoms with Crippen molar-refractivity contribution in [3.8, 4) is 0 Å². The number of halogens is 6. The molecule has 1 amide bonds. The Kier molecular flexibility index (Phi) is 6.81. The number of fused-ring (bicyclic) bond motifs is 1. The van der Waals surface area contributed by atoms with Gasteiger partial charge >= 0.3 is 25.5 Å². The molecule has 2 heterocycles. The number of nitrogens with two attached hydrogens (primary N) is 1. The Balaban J connectivity index is 1.84. The molecule has 0 bridgehead atoms. The van der Waals surface area contributed by atoms with Gasteiger partial charge in [0, 0.05) is 32.4 Å². The van der Waals surface area contributed by atoms with Crippen molar-refractivity contribution in [3.05, 3.63) is 33.4 Å². The summed E-state index contributed by atoms with van der Waals surface area (Å²) in [6.45, 7) is 1.07. The third-order valence-electron chi connectivity index (χ3n) is 6.47. The second-order valence-corrected chi connectivity index (χ2v) is 8.86. The number of pyridine rings is 1. The average Bonchev–Trinajstić information content (AvgIpc) is 3.57. The second-order valence-electron chi connectivity index (χ2n) is 8.86. The molecule has 2 aliphatic rings.